The smallest absolute Gasteiger partial charge is 0.246 e. The van der Waals surface area contributed by atoms with Gasteiger partial charge in [0, 0.05) is 36.2 Å². The molecule has 0 saturated carbocycles. The third kappa shape index (κ3) is 4.08. The number of nitrogens with one attached hydrogen (secondary N) is 1. The van der Waals surface area contributed by atoms with Gasteiger partial charge < -0.3 is 15.0 Å². The Morgan fingerprint density at radius 3 is 2.59 bits per heavy atom. The first kappa shape index (κ1) is 23.4. The molecule has 2 bridgehead atoms. The third-order valence-electron chi connectivity index (χ3n) is 8.00. The van der Waals surface area contributed by atoms with Crippen LogP contribution in [0.2, 0.25) is 0 Å². The van der Waals surface area contributed by atoms with E-state index in [0.717, 1.165) is 59.7 Å². The maximum absolute atomic E-state index is 12.4. The van der Waals surface area contributed by atoms with Gasteiger partial charge in [-0.3, -0.25) is 4.79 Å². The molecular formula is C29H28N8O2. The number of carbonyl (C=O) groups is 1. The highest BCUT2D eigenvalue weighted by Gasteiger charge is 2.43. The van der Waals surface area contributed by atoms with Crippen LogP contribution >= 0.6 is 0 Å². The first-order chi connectivity index (χ1) is 19.1. The Morgan fingerprint density at radius 1 is 1.03 bits per heavy atom. The lowest BCUT2D eigenvalue weighted by molar-refractivity contribution is -0.130. The lowest BCUT2D eigenvalue weighted by atomic mass is 9.85. The Bertz CT molecular complexity index is 1710. The maximum Gasteiger partial charge on any atom is 0.246 e. The minimum Gasteiger partial charge on any atom is -0.457 e. The fraction of sp³-hybridized carbons (Fsp3) is 0.276. The van der Waals surface area contributed by atoms with Crippen molar-refractivity contribution in [2.75, 3.05) is 5.32 Å². The van der Waals surface area contributed by atoms with Gasteiger partial charge in [0.25, 0.3) is 0 Å². The Morgan fingerprint density at radius 2 is 1.79 bits per heavy atom. The highest BCUT2D eigenvalue weighted by Crippen LogP contribution is 2.45. The van der Waals surface area contributed by atoms with E-state index < -0.39 is 0 Å². The molecule has 0 unspecified atom stereocenters. The van der Waals surface area contributed by atoms with E-state index in [-0.39, 0.29) is 18.0 Å². The summed E-state index contributed by atoms with van der Waals surface area (Å²) in [5.74, 6) is 2.61. The van der Waals surface area contributed by atoms with Gasteiger partial charge in [-0.15, -0.1) is 0 Å². The quantitative estimate of drug-likeness (QED) is 0.313. The summed E-state index contributed by atoms with van der Waals surface area (Å²) in [4.78, 5) is 23.3. The molecule has 5 aromatic rings. The van der Waals surface area contributed by atoms with Gasteiger partial charge in [0.05, 0.1) is 0 Å². The molecule has 0 aliphatic carbocycles. The molecule has 1 aromatic carbocycles. The lowest BCUT2D eigenvalue weighted by Crippen LogP contribution is -2.45. The number of aromatic nitrogens is 6. The molecule has 3 atom stereocenters. The van der Waals surface area contributed by atoms with Crippen molar-refractivity contribution in [2.24, 2.45) is 0 Å². The Labute approximate surface area is 224 Å². The average molecular weight is 521 g/mol. The van der Waals surface area contributed by atoms with Crippen LogP contribution in [0.3, 0.4) is 0 Å². The van der Waals surface area contributed by atoms with Gasteiger partial charge in [0.2, 0.25) is 5.91 Å². The van der Waals surface area contributed by atoms with E-state index in [0.29, 0.717) is 11.7 Å². The predicted molar refractivity (Wildman–Crippen MR) is 146 cm³/mol. The molecule has 0 spiro atoms. The van der Waals surface area contributed by atoms with E-state index in [9.17, 15) is 4.79 Å². The first-order valence-electron chi connectivity index (χ1n) is 13.2. The average Bonchev–Trinajstić information content (AvgIpc) is 3.66. The van der Waals surface area contributed by atoms with Gasteiger partial charge in [-0.25, -0.2) is 19.0 Å². The fourth-order valence-corrected chi connectivity index (χ4v) is 6.26. The SMILES string of the molecule is C=CC(=O)N1[C@@H]2CC[C@H]1C[C@H](c1ccn3ncnc(Nc4ccc(Oc5ccn6ncnc6c5)c(C)c4)c13)C2. The number of nitrogens with zero attached hydrogens (tertiary/aromatic N) is 7. The van der Waals surface area contributed by atoms with Crippen LogP contribution in [-0.2, 0) is 4.79 Å². The van der Waals surface area contributed by atoms with Crippen molar-refractivity contribution in [3.05, 3.63) is 85.2 Å². The molecule has 4 aromatic heterocycles. The van der Waals surface area contributed by atoms with Gasteiger partial charge in [0.15, 0.2) is 11.5 Å². The molecule has 196 valence electrons. The molecule has 2 fully saturated rings. The number of amides is 1. The third-order valence-corrected chi connectivity index (χ3v) is 8.00. The second kappa shape index (κ2) is 9.23. The summed E-state index contributed by atoms with van der Waals surface area (Å²) < 4.78 is 9.72. The van der Waals surface area contributed by atoms with Crippen molar-refractivity contribution in [1.82, 2.24) is 34.1 Å². The second-order valence-corrected chi connectivity index (χ2v) is 10.3. The van der Waals surface area contributed by atoms with Crippen molar-refractivity contribution in [3.63, 3.8) is 0 Å². The number of aryl methyl sites for hydroxylation is 1. The molecule has 2 saturated heterocycles. The van der Waals surface area contributed by atoms with Gasteiger partial charge in [0.1, 0.15) is 29.7 Å². The molecule has 6 heterocycles. The maximum atomic E-state index is 12.4. The molecule has 7 rings (SSSR count). The summed E-state index contributed by atoms with van der Waals surface area (Å²) >= 11 is 0. The molecule has 39 heavy (non-hydrogen) atoms. The molecule has 10 heteroatoms. The molecule has 10 nitrogen and oxygen atoms in total. The monoisotopic (exact) mass is 520 g/mol. The summed E-state index contributed by atoms with van der Waals surface area (Å²) in [6, 6.07) is 12.4. The number of pyridine rings is 1. The van der Waals surface area contributed by atoms with E-state index >= 15 is 0 Å². The number of anilines is 2. The number of hydrogen-bond acceptors (Lipinski definition) is 7. The minimum absolute atomic E-state index is 0.0512. The van der Waals surface area contributed by atoms with E-state index in [1.807, 2.05) is 59.1 Å². The molecule has 0 radical (unpaired) electrons. The summed E-state index contributed by atoms with van der Waals surface area (Å²) in [6.45, 7) is 5.72. The molecule has 2 aliphatic heterocycles. The van der Waals surface area contributed by atoms with Crippen molar-refractivity contribution in [2.45, 2.75) is 50.6 Å². The van der Waals surface area contributed by atoms with Crippen LogP contribution in [0.25, 0.3) is 11.2 Å². The zero-order chi connectivity index (χ0) is 26.5. The highest BCUT2D eigenvalue weighted by atomic mass is 16.5. The Hall–Kier alpha value is -4.73. The standard InChI is InChI=1S/C29H28N8O2/c1-3-27(38)37-21-5-6-22(37)14-19(13-21)24-9-11-36-28(24)29(31-17-33-36)34-20-4-7-25(18(2)12-20)39-23-8-10-35-26(15-23)30-16-32-35/h3-4,7-12,15-17,19,21-22H,1,5-6,13-14H2,2H3,(H,31,33,34)/t19-,21-,22+. The zero-order valence-corrected chi connectivity index (χ0v) is 21.6. The minimum atomic E-state index is 0.0512. The molecule has 2 aliphatic rings. The van der Waals surface area contributed by atoms with Crippen molar-refractivity contribution in [3.8, 4) is 11.5 Å². The Balaban J connectivity index is 1.14. The van der Waals surface area contributed by atoms with Gasteiger partial charge in [-0.2, -0.15) is 10.2 Å². The number of piperidine rings is 1. The largest absolute Gasteiger partial charge is 0.457 e. The van der Waals surface area contributed by atoms with Gasteiger partial charge in [-0.05, 0) is 86.1 Å². The lowest BCUT2D eigenvalue weighted by Gasteiger charge is -2.38. The van der Waals surface area contributed by atoms with Crippen LogP contribution < -0.4 is 10.1 Å². The number of fused-ring (bicyclic) bond motifs is 4. The second-order valence-electron chi connectivity index (χ2n) is 10.3. The molecule has 1 amide bonds. The zero-order valence-electron chi connectivity index (χ0n) is 21.6. The summed E-state index contributed by atoms with van der Waals surface area (Å²) in [5.41, 5.74) is 4.82. The summed E-state index contributed by atoms with van der Waals surface area (Å²) in [5, 5.41) is 12.1. The van der Waals surface area contributed by atoms with Crippen LogP contribution in [-0.4, -0.2) is 52.1 Å². The van der Waals surface area contributed by atoms with Gasteiger partial charge in [-0.1, -0.05) is 6.58 Å². The van der Waals surface area contributed by atoms with Crippen molar-refractivity contribution in [1.29, 1.82) is 0 Å². The van der Waals surface area contributed by atoms with Crippen LogP contribution in [0.5, 0.6) is 11.5 Å². The van der Waals surface area contributed by atoms with Crippen LogP contribution in [0.15, 0.2) is 74.1 Å². The topological polar surface area (TPSA) is 102 Å². The van der Waals surface area contributed by atoms with Gasteiger partial charge >= 0.3 is 0 Å². The van der Waals surface area contributed by atoms with Crippen LogP contribution in [0.1, 0.15) is 42.7 Å². The van der Waals surface area contributed by atoms with E-state index in [4.69, 9.17) is 4.74 Å². The number of rotatable bonds is 6. The summed E-state index contributed by atoms with van der Waals surface area (Å²) in [7, 11) is 0. The van der Waals surface area contributed by atoms with Crippen molar-refractivity contribution < 1.29 is 9.53 Å². The molecule has 1 N–H and O–H groups in total. The number of benzene rings is 1. The number of hydrogen-bond donors (Lipinski definition) is 1. The number of ether oxygens (including phenoxy) is 1. The van der Waals surface area contributed by atoms with Crippen LogP contribution in [0.4, 0.5) is 11.5 Å². The fourth-order valence-electron chi connectivity index (χ4n) is 6.26. The normalized spacial score (nSPS) is 20.4. The molecular weight excluding hydrogens is 492 g/mol. The highest BCUT2D eigenvalue weighted by molar-refractivity contribution is 5.88. The first-order valence-corrected chi connectivity index (χ1v) is 13.2. The van der Waals surface area contributed by atoms with E-state index in [1.54, 1.807) is 10.8 Å². The van der Waals surface area contributed by atoms with E-state index in [1.165, 1.54) is 18.0 Å². The predicted octanol–water partition coefficient (Wildman–Crippen LogP) is 5.04. The number of carbonyl (C=O) groups excluding carboxylic acids is 1. The summed E-state index contributed by atoms with van der Waals surface area (Å²) in [6.07, 6.45) is 12.3. The van der Waals surface area contributed by atoms with Crippen LogP contribution in [0, 0.1) is 6.92 Å². The van der Waals surface area contributed by atoms with E-state index in [2.05, 4.69) is 38.1 Å². The van der Waals surface area contributed by atoms with Crippen molar-refractivity contribution >= 4 is 28.6 Å². The Kier molecular flexibility index (Phi) is 5.54.